The lowest BCUT2D eigenvalue weighted by Crippen LogP contribution is -2.35. The molecule has 0 amide bonds. The summed E-state index contributed by atoms with van der Waals surface area (Å²) in [5.74, 6) is 0.353. The molecule has 0 aromatic carbocycles. The molecule has 2 heterocycles. The molecule has 19 heavy (non-hydrogen) atoms. The molecule has 0 aliphatic carbocycles. The molecule has 0 aliphatic rings. The van der Waals surface area contributed by atoms with E-state index < -0.39 is 0 Å². The first-order valence-electron chi connectivity index (χ1n) is 6.23. The average Bonchev–Trinajstić information content (AvgIpc) is 2.83. The SMILES string of the molecule is CC(Nc1nccn(C(C)(C)C)c1=O)c1cn[nH]c1. The van der Waals surface area contributed by atoms with E-state index in [9.17, 15) is 4.79 Å². The van der Waals surface area contributed by atoms with Crippen LogP contribution in [0.3, 0.4) is 0 Å². The lowest BCUT2D eigenvalue weighted by Gasteiger charge is -2.23. The molecule has 6 nitrogen and oxygen atoms in total. The number of nitrogens with zero attached hydrogens (tertiary/aromatic N) is 3. The summed E-state index contributed by atoms with van der Waals surface area (Å²) in [5, 5.41) is 9.77. The molecule has 0 radical (unpaired) electrons. The Hall–Kier alpha value is -2.11. The van der Waals surface area contributed by atoms with Crippen LogP contribution in [0.4, 0.5) is 5.82 Å². The quantitative estimate of drug-likeness (QED) is 0.884. The zero-order valence-corrected chi connectivity index (χ0v) is 11.6. The fraction of sp³-hybridized carbons (Fsp3) is 0.462. The van der Waals surface area contributed by atoms with Crippen molar-refractivity contribution in [1.82, 2.24) is 19.7 Å². The van der Waals surface area contributed by atoms with E-state index in [4.69, 9.17) is 0 Å². The van der Waals surface area contributed by atoms with Crippen LogP contribution in [-0.2, 0) is 5.54 Å². The first-order chi connectivity index (χ1) is 8.89. The molecule has 0 aliphatic heterocycles. The van der Waals surface area contributed by atoms with E-state index in [2.05, 4.69) is 20.5 Å². The summed E-state index contributed by atoms with van der Waals surface area (Å²) in [6, 6.07) is -0.0326. The molecule has 0 spiro atoms. The summed E-state index contributed by atoms with van der Waals surface area (Å²) < 4.78 is 1.67. The normalized spacial score (nSPS) is 13.3. The highest BCUT2D eigenvalue weighted by Gasteiger charge is 2.17. The topological polar surface area (TPSA) is 75.6 Å². The van der Waals surface area contributed by atoms with Gasteiger partial charge in [0.1, 0.15) is 0 Å². The maximum atomic E-state index is 12.3. The van der Waals surface area contributed by atoms with Crippen LogP contribution in [0.5, 0.6) is 0 Å². The summed E-state index contributed by atoms with van der Waals surface area (Å²) in [7, 11) is 0. The third-order valence-electron chi connectivity index (χ3n) is 2.94. The Bertz CT molecular complexity index is 594. The number of H-pyrrole nitrogens is 1. The monoisotopic (exact) mass is 261 g/mol. The molecule has 102 valence electrons. The molecule has 0 saturated carbocycles. The minimum Gasteiger partial charge on any atom is -0.359 e. The molecule has 1 atom stereocenters. The number of rotatable bonds is 3. The van der Waals surface area contributed by atoms with Crippen LogP contribution in [0.1, 0.15) is 39.3 Å². The second-order valence-electron chi connectivity index (χ2n) is 5.52. The van der Waals surface area contributed by atoms with Crippen LogP contribution in [0.25, 0.3) is 0 Å². The highest BCUT2D eigenvalue weighted by atomic mass is 16.1. The van der Waals surface area contributed by atoms with Gasteiger partial charge in [-0.15, -0.1) is 0 Å². The molecule has 1 unspecified atom stereocenters. The van der Waals surface area contributed by atoms with E-state index in [1.807, 2.05) is 27.7 Å². The van der Waals surface area contributed by atoms with Gasteiger partial charge in [-0.25, -0.2) is 4.98 Å². The van der Waals surface area contributed by atoms with E-state index in [1.54, 1.807) is 29.4 Å². The van der Waals surface area contributed by atoms with Crippen molar-refractivity contribution in [3.05, 3.63) is 40.7 Å². The van der Waals surface area contributed by atoms with Crippen molar-refractivity contribution in [2.45, 2.75) is 39.3 Å². The number of aromatic amines is 1. The van der Waals surface area contributed by atoms with Crippen molar-refractivity contribution in [2.24, 2.45) is 0 Å². The van der Waals surface area contributed by atoms with Gasteiger partial charge in [0.2, 0.25) is 0 Å². The van der Waals surface area contributed by atoms with Crippen molar-refractivity contribution < 1.29 is 0 Å². The van der Waals surface area contributed by atoms with Gasteiger partial charge in [-0.05, 0) is 27.7 Å². The standard InChI is InChI=1S/C13H19N5O/c1-9(10-7-15-16-8-10)17-11-12(19)18(6-5-14-11)13(2,3)4/h5-9H,1-4H3,(H,14,17)(H,15,16). The van der Waals surface area contributed by atoms with Crippen molar-refractivity contribution in [2.75, 3.05) is 5.32 Å². The van der Waals surface area contributed by atoms with Crippen molar-refractivity contribution in [1.29, 1.82) is 0 Å². The highest BCUT2D eigenvalue weighted by Crippen LogP contribution is 2.15. The maximum absolute atomic E-state index is 12.3. The fourth-order valence-electron chi connectivity index (χ4n) is 1.82. The average molecular weight is 261 g/mol. The number of hydrogen-bond acceptors (Lipinski definition) is 4. The van der Waals surface area contributed by atoms with E-state index in [1.165, 1.54) is 0 Å². The van der Waals surface area contributed by atoms with Crippen LogP contribution in [0.2, 0.25) is 0 Å². The van der Waals surface area contributed by atoms with Gasteiger partial charge >= 0.3 is 0 Å². The van der Waals surface area contributed by atoms with E-state index in [0.29, 0.717) is 5.82 Å². The zero-order chi connectivity index (χ0) is 14.0. The predicted octanol–water partition coefficient (Wildman–Crippen LogP) is 1.89. The van der Waals surface area contributed by atoms with Gasteiger partial charge in [0.05, 0.1) is 12.2 Å². The molecule has 2 aromatic rings. The van der Waals surface area contributed by atoms with Crippen molar-refractivity contribution in [3.8, 4) is 0 Å². The van der Waals surface area contributed by atoms with Crippen molar-refractivity contribution >= 4 is 5.82 Å². The molecule has 2 rings (SSSR count). The smallest absolute Gasteiger partial charge is 0.293 e. The Morgan fingerprint density at radius 2 is 2.16 bits per heavy atom. The van der Waals surface area contributed by atoms with E-state index in [0.717, 1.165) is 5.56 Å². The molecular formula is C13H19N5O. The van der Waals surface area contributed by atoms with Gasteiger partial charge in [-0.2, -0.15) is 5.10 Å². The minimum absolute atomic E-state index is 0.0326. The number of anilines is 1. The molecule has 2 aromatic heterocycles. The van der Waals surface area contributed by atoms with Gasteiger partial charge < -0.3 is 9.88 Å². The predicted molar refractivity (Wildman–Crippen MR) is 74.1 cm³/mol. The maximum Gasteiger partial charge on any atom is 0.293 e. The zero-order valence-electron chi connectivity index (χ0n) is 11.6. The Kier molecular flexibility index (Phi) is 3.42. The Morgan fingerprint density at radius 1 is 1.42 bits per heavy atom. The second-order valence-corrected chi connectivity index (χ2v) is 5.52. The third kappa shape index (κ3) is 2.83. The number of nitrogens with one attached hydrogen (secondary N) is 2. The largest absolute Gasteiger partial charge is 0.359 e. The summed E-state index contributed by atoms with van der Waals surface area (Å²) in [6.45, 7) is 7.91. The lowest BCUT2D eigenvalue weighted by atomic mass is 10.1. The third-order valence-corrected chi connectivity index (χ3v) is 2.94. The molecule has 0 saturated heterocycles. The van der Waals surface area contributed by atoms with Crippen LogP contribution in [0.15, 0.2) is 29.6 Å². The summed E-state index contributed by atoms with van der Waals surface area (Å²) in [5.41, 5.74) is 0.590. The van der Waals surface area contributed by atoms with Crippen LogP contribution in [-0.4, -0.2) is 19.7 Å². The molecule has 2 N–H and O–H groups in total. The van der Waals surface area contributed by atoms with Crippen LogP contribution >= 0.6 is 0 Å². The fourth-order valence-corrected chi connectivity index (χ4v) is 1.82. The Labute approximate surface area is 111 Å². The van der Waals surface area contributed by atoms with Crippen molar-refractivity contribution in [3.63, 3.8) is 0 Å². The second kappa shape index (κ2) is 4.87. The first kappa shape index (κ1) is 13.3. The molecular weight excluding hydrogens is 242 g/mol. The Balaban J connectivity index is 2.30. The molecule has 6 heteroatoms. The molecule has 0 fully saturated rings. The summed E-state index contributed by atoms with van der Waals surface area (Å²) in [6.07, 6.45) is 6.86. The number of hydrogen-bond donors (Lipinski definition) is 2. The Morgan fingerprint density at radius 3 is 2.74 bits per heavy atom. The van der Waals surface area contributed by atoms with Gasteiger partial charge in [-0.1, -0.05) is 0 Å². The first-order valence-corrected chi connectivity index (χ1v) is 6.23. The van der Waals surface area contributed by atoms with Gasteiger partial charge in [0.25, 0.3) is 5.56 Å². The minimum atomic E-state index is -0.269. The van der Waals surface area contributed by atoms with Gasteiger partial charge in [0.15, 0.2) is 5.82 Å². The van der Waals surface area contributed by atoms with E-state index in [-0.39, 0.29) is 17.1 Å². The molecule has 0 bridgehead atoms. The van der Waals surface area contributed by atoms with Crippen LogP contribution in [0, 0.1) is 0 Å². The lowest BCUT2D eigenvalue weighted by molar-refractivity contribution is 0.383. The van der Waals surface area contributed by atoms with Gasteiger partial charge in [0, 0.05) is 29.7 Å². The summed E-state index contributed by atoms with van der Waals surface area (Å²) in [4.78, 5) is 16.5. The van der Waals surface area contributed by atoms with Crippen LogP contribution < -0.4 is 10.9 Å². The van der Waals surface area contributed by atoms with E-state index >= 15 is 0 Å². The summed E-state index contributed by atoms with van der Waals surface area (Å²) >= 11 is 0. The van der Waals surface area contributed by atoms with Gasteiger partial charge in [-0.3, -0.25) is 9.89 Å². The highest BCUT2D eigenvalue weighted by molar-refractivity contribution is 5.35. The number of aromatic nitrogens is 4.